The van der Waals surface area contributed by atoms with Gasteiger partial charge in [0.2, 0.25) is 5.78 Å². The molecule has 2 aromatic rings. The van der Waals surface area contributed by atoms with E-state index in [9.17, 15) is 34.8 Å². The number of amides is 1. The van der Waals surface area contributed by atoms with Gasteiger partial charge in [-0.1, -0.05) is 45.0 Å². The molecule has 2 aromatic carbocycles. The summed E-state index contributed by atoms with van der Waals surface area (Å²) >= 11 is 0. The van der Waals surface area contributed by atoms with Gasteiger partial charge in [0.15, 0.2) is 11.4 Å². The maximum absolute atomic E-state index is 14.1. The van der Waals surface area contributed by atoms with E-state index in [0.29, 0.717) is 11.1 Å². The number of benzene rings is 2. The number of hydrogen-bond donors (Lipinski definition) is 5. The molecule has 1 amide bonds. The Labute approximate surface area is 238 Å². The largest absolute Gasteiger partial charge is 0.508 e. The number of aliphatic hydroxyl groups is 3. The highest BCUT2D eigenvalue weighted by molar-refractivity contribution is 6.23. The number of phenols is 1. The lowest BCUT2D eigenvalue weighted by Gasteiger charge is -2.50. The number of nitrogens with zero attached hydrogens (tertiary/aromatic N) is 1. The third-order valence-electron chi connectivity index (χ3n) is 9.10. The Morgan fingerprint density at radius 2 is 1.76 bits per heavy atom. The van der Waals surface area contributed by atoms with E-state index in [1.165, 1.54) is 0 Å². The minimum absolute atomic E-state index is 0.0818. The first-order chi connectivity index (χ1) is 19.2. The highest BCUT2D eigenvalue weighted by atomic mass is 16.3. The fourth-order valence-corrected chi connectivity index (χ4v) is 7.07. The Balaban J connectivity index is 1.76. The molecule has 1 fully saturated rings. The Morgan fingerprint density at radius 1 is 1.12 bits per heavy atom. The fraction of sp³-hybridized carbons (Fsp3) is 0.406. The zero-order valence-electron chi connectivity index (χ0n) is 23.9. The van der Waals surface area contributed by atoms with Crippen LogP contribution in [0.5, 0.6) is 5.75 Å². The van der Waals surface area contributed by atoms with Crippen LogP contribution in [0.3, 0.4) is 0 Å². The molecular weight excluding hydrogens is 524 g/mol. The summed E-state index contributed by atoms with van der Waals surface area (Å²) in [4.78, 5) is 41.5. The number of hydrogen-bond acceptors (Lipinski definition) is 8. The Morgan fingerprint density at radius 3 is 2.29 bits per heavy atom. The first-order valence-corrected chi connectivity index (χ1v) is 13.9. The minimum Gasteiger partial charge on any atom is -0.508 e. The van der Waals surface area contributed by atoms with Crippen molar-refractivity contribution in [1.82, 2.24) is 0 Å². The normalized spacial score (nSPS) is 25.7. The number of aliphatic hydroxyl groups excluding tert-OH is 2. The molecule has 5 rings (SSSR count). The molecule has 0 radical (unpaired) electrons. The van der Waals surface area contributed by atoms with E-state index < -0.39 is 57.9 Å². The SMILES string of the molecule is CCc1ccc(-c2cc(N(C)C)c3c(c2O)C(O)=C2C(=O)[C@]4(O)C(O)=C(C(N)=O)C(=O)[C@@H](C(C)C)[C@@H]4C[C@@H]2C3)cc1. The lowest BCUT2D eigenvalue weighted by atomic mass is 9.54. The molecule has 216 valence electrons. The van der Waals surface area contributed by atoms with E-state index in [-0.39, 0.29) is 35.6 Å². The minimum atomic E-state index is -2.63. The molecule has 6 N–H and O–H groups in total. The van der Waals surface area contributed by atoms with E-state index in [1.54, 1.807) is 13.8 Å². The van der Waals surface area contributed by atoms with E-state index in [0.717, 1.165) is 23.2 Å². The highest BCUT2D eigenvalue weighted by Gasteiger charge is 2.64. The van der Waals surface area contributed by atoms with Crippen LogP contribution in [0.25, 0.3) is 16.9 Å². The third-order valence-corrected chi connectivity index (χ3v) is 9.10. The summed E-state index contributed by atoms with van der Waals surface area (Å²) in [5.74, 6) is -7.70. The lowest BCUT2D eigenvalue weighted by molar-refractivity contribution is -0.155. The highest BCUT2D eigenvalue weighted by Crippen LogP contribution is 2.56. The van der Waals surface area contributed by atoms with Crippen molar-refractivity contribution in [3.63, 3.8) is 0 Å². The molecule has 9 nitrogen and oxygen atoms in total. The van der Waals surface area contributed by atoms with Crippen molar-refractivity contribution in [2.45, 2.75) is 45.6 Å². The number of ketones is 2. The number of aromatic hydroxyl groups is 1. The summed E-state index contributed by atoms with van der Waals surface area (Å²) in [6, 6.07) is 9.53. The Hall–Kier alpha value is -4.11. The van der Waals surface area contributed by atoms with E-state index in [4.69, 9.17) is 5.73 Å². The molecule has 41 heavy (non-hydrogen) atoms. The number of fused-ring (bicyclic) bond motifs is 3. The van der Waals surface area contributed by atoms with Crippen LogP contribution in [-0.2, 0) is 27.2 Å². The molecule has 0 heterocycles. The van der Waals surface area contributed by atoms with E-state index in [1.807, 2.05) is 56.3 Å². The van der Waals surface area contributed by atoms with Crippen LogP contribution < -0.4 is 10.6 Å². The molecule has 0 spiro atoms. The summed E-state index contributed by atoms with van der Waals surface area (Å²) in [6.07, 6.45) is 1.18. The van der Waals surface area contributed by atoms with Gasteiger partial charge in [-0.25, -0.2) is 0 Å². The monoisotopic (exact) mass is 560 g/mol. The third kappa shape index (κ3) is 3.97. The van der Waals surface area contributed by atoms with Gasteiger partial charge >= 0.3 is 0 Å². The predicted molar refractivity (Wildman–Crippen MR) is 154 cm³/mol. The van der Waals surface area contributed by atoms with Crippen LogP contribution in [0.15, 0.2) is 47.2 Å². The molecule has 3 aliphatic carbocycles. The second kappa shape index (κ2) is 9.76. The quantitative estimate of drug-likeness (QED) is 0.347. The van der Waals surface area contributed by atoms with Gasteiger partial charge in [0.1, 0.15) is 22.8 Å². The number of carbonyl (C=O) groups excluding carboxylic acids is 3. The van der Waals surface area contributed by atoms with Crippen molar-refractivity contribution < 1.29 is 34.8 Å². The summed E-state index contributed by atoms with van der Waals surface area (Å²) in [5, 5.41) is 46.1. The van der Waals surface area contributed by atoms with Crippen molar-refractivity contribution in [3.8, 4) is 16.9 Å². The molecule has 9 heteroatoms. The average molecular weight is 561 g/mol. The average Bonchev–Trinajstić information content (AvgIpc) is 2.90. The molecule has 0 bridgehead atoms. The van der Waals surface area contributed by atoms with Crippen molar-refractivity contribution in [3.05, 3.63) is 63.9 Å². The predicted octanol–water partition coefficient (Wildman–Crippen LogP) is 3.60. The Bertz CT molecular complexity index is 1550. The number of primary amides is 1. The van der Waals surface area contributed by atoms with Gasteiger partial charge in [-0.05, 0) is 53.9 Å². The van der Waals surface area contributed by atoms with Crippen LogP contribution in [-0.4, -0.2) is 57.6 Å². The number of anilines is 1. The van der Waals surface area contributed by atoms with Gasteiger partial charge in [0, 0.05) is 42.8 Å². The number of carbonyl (C=O) groups is 3. The van der Waals surface area contributed by atoms with Crippen molar-refractivity contribution in [1.29, 1.82) is 0 Å². The van der Waals surface area contributed by atoms with Gasteiger partial charge in [0.25, 0.3) is 5.91 Å². The van der Waals surface area contributed by atoms with Crippen molar-refractivity contribution in [2.75, 3.05) is 19.0 Å². The molecule has 0 saturated heterocycles. The smallest absolute Gasteiger partial charge is 0.255 e. The van der Waals surface area contributed by atoms with Crippen LogP contribution >= 0.6 is 0 Å². The number of rotatable bonds is 5. The molecule has 4 atom stereocenters. The number of phenolic OH excluding ortho intramolecular Hbond substituents is 1. The molecular formula is C32H36N2O7. The van der Waals surface area contributed by atoms with Crippen LogP contribution in [0.2, 0.25) is 0 Å². The topological polar surface area (TPSA) is 161 Å². The molecule has 0 aromatic heterocycles. The van der Waals surface area contributed by atoms with Gasteiger partial charge in [0.05, 0.1) is 5.56 Å². The first kappa shape index (κ1) is 28.4. The van der Waals surface area contributed by atoms with Crippen molar-refractivity contribution in [2.24, 2.45) is 29.4 Å². The summed E-state index contributed by atoms with van der Waals surface area (Å²) < 4.78 is 0. The summed E-state index contributed by atoms with van der Waals surface area (Å²) in [7, 11) is 3.70. The fourth-order valence-electron chi connectivity index (χ4n) is 7.07. The second-order valence-electron chi connectivity index (χ2n) is 11.9. The first-order valence-electron chi connectivity index (χ1n) is 13.9. The maximum Gasteiger partial charge on any atom is 0.255 e. The molecule has 0 aliphatic heterocycles. The second-order valence-corrected chi connectivity index (χ2v) is 11.9. The Kier molecular flexibility index (Phi) is 6.77. The number of aryl methyl sites for hydroxylation is 1. The van der Waals surface area contributed by atoms with Crippen LogP contribution in [0, 0.1) is 23.7 Å². The van der Waals surface area contributed by atoms with Crippen molar-refractivity contribution >= 4 is 28.9 Å². The molecule has 3 aliphatic rings. The van der Waals surface area contributed by atoms with Gasteiger partial charge in [-0.2, -0.15) is 0 Å². The standard InChI is InChI=1S/C32H36N2O7/c1-6-15-7-9-16(10-8-15)18-13-21(34(4)5)19-11-17-12-20-22(14(2)3)27(36)25(31(33)40)30(39)32(20,41)29(38)23(17)28(37)24(19)26(18)35/h7-10,13-14,17,20,22,35,37,39,41H,6,11-12H2,1-5H3,(H2,33,40)/t17-,20-,22-,32-/m0/s1. The van der Waals surface area contributed by atoms with Crippen LogP contribution in [0.1, 0.15) is 43.9 Å². The van der Waals surface area contributed by atoms with Crippen LogP contribution in [0.4, 0.5) is 5.69 Å². The number of nitrogens with two attached hydrogens (primary N) is 1. The van der Waals surface area contributed by atoms with Gasteiger partial charge in [-0.3, -0.25) is 14.4 Å². The summed E-state index contributed by atoms with van der Waals surface area (Å²) in [5.41, 5.74) is 5.60. The van der Waals surface area contributed by atoms with E-state index in [2.05, 4.69) is 0 Å². The number of Topliss-reactive ketones (excluding diaryl/α,β-unsaturated/α-hetero) is 2. The zero-order valence-corrected chi connectivity index (χ0v) is 23.9. The van der Waals surface area contributed by atoms with Gasteiger partial charge in [-0.15, -0.1) is 0 Å². The summed E-state index contributed by atoms with van der Waals surface area (Å²) in [6.45, 7) is 5.52. The zero-order chi connectivity index (χ0) is 30.1. The molecule has 0 unspecified atom stereocenters. The maximum atomic E-state index is 14.1. The lowest BCUT2D eigenvalue weighted by Crippen LogP contribution is -2.62. The van der Waals surface area contributed by atoms with Gasteiger partial charge < -0.3 is 31.1 Å². The van der Waals surface area contributed by atoms with E-state index >= 15 is 0 Å². The molecule has 1 saturated carbocycles.